The molecule has 3 N–H and O–H groups in total. The van der Waals surface area contributed by atoms with Crippen LogP contribution in [0.15, 0.2) is 12.4 Å². The predicted molar refractivity (Wildman–Crippen MR) is 48.0 cm³/mol. The molecule has 0 aromatic carbocycles. The van der Waals surface area contributed by atoms with Crippen LogP contribution < -0.4 is 0 Å². The first kappa shape index (κ1) is 9.57. The largest absolute Gasteiger partial charge is 0.390 e. The van der Waals surface area contributed by atoms with E-state index in [9.17, 15) is 10.2 Å². The molecule has 1 rings (SSSR count). The summed E-state index contributed by atoms with van der Waals surface area (Å²) in [6.07, 6.45) is 1.85. The van der Waals surface area contributed by atoms with Crippen molar-refractivity contribution in [1.29, 1.82) is 0 Å². The molecule has 0 aliphatic rings. The van der Waals surface area contributed by atoms with Crippen LogP contribution in [0.25, 0.3) is 0 Å². The van der Waals surface area contributed by atoms with E-state index in [1.54, 1.807) is 6.20 Å². The van der Waals surface area contributed by atoms with Gasteiger partial charge in [-0.25, -0.2) is 4.98 Å². The number of aromatic nitrogens is 2. The van der Waals surface area contributed by atoms with Crippen LogP contribution >= 0.6 is 12.6 Å². The van der Waals surface area contributed by atoms with E-state index in [2.05, 4.69) is 22.6 Å². The van der Waals surface area contributed by atoms with E-state index < -0.39 is 12.2 Å². The summed E-state index contributed by atoms with van der Waals surface area (Å²) in [5, 5.41) is 18.8. The molecule has 2 atom stereocenters. The molecular formula is C7H12N2O2S. The van der Waals surface area contributed by atoms with Crippen molar-refractivity contribution in [2.24, 2.45) is 0 Å². The topological polar surface area (TPSA) is 69.1 Å². The van der Waals surface area contributed by atoms with Crippen LogP contribution in [0.1, 0.15) is 18.3 Å². The number of nitrogens with zero attached hydrogens (tertiary/aromatic N) is 1. The number of aromatic amines is 1. The summed E-state index contributed by atoms with van der Waals surface area (Å²) in [7, 11) is 0. The van der Waals surface area contributed by atoms with Gasteiger partial charge in [-0.15, -0.1) is 0 Å². The lowest BCUT2D eigenvalue weighted by atomic mass is 10.1. The van der Waals surface area contributed by atoms with E-state index >= 15 is 0 Å². The number of thiol groups is 1. The van der Waals surface area contributed by atoms with Crippen molar-refractivity contribution in [3.05, 3.63) is 18.2 Å². The van der Waals surface area contributed by atoms with Crippen LogP contribution in [0.3, 0.4) is 0 Å². The Balaban J connectivity index is 2.53. The highest BCUT2D eigenvalue weighted by molar-refractivity contribution is 7.80. The molecule has 4 nitrogen and oxygen atoms in total. The molecule has 0 radical (unpaired) electrons. The van der Waals surface area contributed by atoms with Crippen molar-refractivity contribution >= 4 is 12.6 Å². The van der Waals surface area contributed by atoms with E-state index in [0.717, 1.165) is 0 Å². The van der Waals surface area contributed by atoms with Gasteiger partial charge >= 0.3 is 0 Å². The Morgan fingerprint density at radius 1 is 1.58 bits per heavy atom. The van der Waals surface area contributed by atoms with Gasteiger partial charge in [-0.3, -0.25) is 0 Å². The van der Waals surface area contributed by atoms with Gasteiger partial charge in [-0.2, -0.15) is 12.6 Å². The van der Waals surface area contributed by atoms with E-state index in [-0.39, 0.29) is 0 Å². The van der Waals surface area contributed by atoms with Crippen LogP contribution in [0.2, 0.25) is 0 Å². The summed E-state index contributed by atoms with van der Waals surface area (Å²) in [5.74, 6) is 0.933. The van der Waals surface area contributed by atoms with E-state index in [1.807, 2.05) is 0 Å². The average molecular weight is 188 g/mol. The fraction of sp³-hybridized carbons (Fsp3) is 0.571. The van der Waals surface area contributed by atoms with E-state index in [1.165, 1.54) is 6.20 Å². The summed E-state index contributed by atoms with van der Waals surface area (Å²) in [6.45, 7) is 0. The Bertz CT molecular complexity index is 215. The number of hydrogen-bond donors (Lipinski definition) is 4. The minimum Gasteiger partial charge on any atom is -0.390 e. The predicted octanol–water partition coefficient (Wildman–Crippen LogP) is 0.124. The van der Waals surface area contributed by atoms with Gasteiger partial charge in [0, 0.05) is 12.4 Å². The number of rotatable bonds is 4. The van der Waals surface area contributed by atoms with Gasteiger partial charge in [-0.1, -0.05) is 0 Å². The van der Waals surface area contributed by atoms with Crippen LogP contribution in [0, 0.1) is 0 Å². The fourth-order valence-electron chi connectivity index (χ4n) is 0.912. The van der Waals surface area contributed by atoms with Crippen molar-refractivity contribution < 1.29 is 10.2 Å². The van der Waals surface area contributed by atoms with Gasteiger partial charge in [0.1, 0.15) is 11.9 Å². The lowest BCUT2D eigenvalue weighted by molar-refractivity contribution is 0.0124. The van der Waals surface area contributed by atoms with Crippen molar-refractivity contribution in [1.82, 2.24) is 9.97 Å². The quantitative estimate of drug-likeness (QED) is 0.507. The van der Waals surface area contributed by atoms with Crippen LogP contribution in [-0.4, -0.2) is 32.0 Å². The molecule has 2 unspecified atom stereocenters. The molecule has 0 bridgehead atoms. The van der Waals surface area contributed by atoms with Gasteiger partial charge in [-0.05, 0) is 12.2 Å². The zero-order valence-corrected chi connectivity index (χ0v) is 7.41. The first-order valence-corrected chi connectivity index (χ1v) is 4.35. The number of imidazole rings is 1. The zero-order chi connectivity index (χ0) is 8.97. The Hall–Kier alpha value is -0.520. The van der Waals surface area contributed by atoms with Crippen molar-refractivity contribution in [3.63, 3.8) is 0 Å². The van der Waals surface area contributed by atoms with Gasteiger partial charge in [0.15, 0.2) is 0 Å². The van der Waals surface area contributed by atoms with Crippen molar-refractivity contribution in [2.45, 2.75) is 18.6 Å². The molecule has 1 aromatic rings. The Labute approximate surface area is 76.1 Å². The fourth-order valence-corrected chi connectivity index (χ4v) is 1.18. The minimum absolute atomic E-state index is 0.393. The van der Waals surface area contributed by atoms with Gasteiger partial charge < -0.3 is 15.2 Å². The molecular weight excluding hydrogens is 176 g/mol. The third-order valence-electron chi connectivity index (χ3n) is 1.59. The Morgan fingerprint density at radius 3 is 2.83 bits per heavy atom. The summed E-state index contributed by atoms with van der Waals surface area (Å²) in [6, 6.07) is 0. The molecule has 1 aromatic heterocycles. The summed E-state index contributed by atoms with van der Waals surface area (Å²) in [5.41, 5.74) is 0. The van der Waals surface area contributed by atoms with Crippen LogP contribution in [-0.2, 0) is 0 Å². The molecule has 0 saturated carbocycles. The maximum absolute atomic E-state index is 9.43. The Morgan fingerprint density at radius 2 is 2.33 bits per heavy atom. The van der Waals surface area contributed by atoms with Crippen molar-refractivity contribution in [2.75, 3.05) is 5.75 Å². The van der Waals surface area contributed by atoms with E-state index in [0.29, 0.717) is 18.0 Å². The minimum atomic E-state index is -0.938. The smallest absolute Gasteiger partial charge is 0.137 e. The van der Waals surface area contributed by atoms with Crippen LogP contribution in [0.4, 0.5) is 0 Å². The second-order valence-corrected chi connectivity index (χ2v) is 2.95. The van der Waals surface area contributed by atoms with Gasteiger partial charge in [0.25, 0.3) is 0 Å². The lowest BCUT2D eigenvalue weighted by Crippen LogP contribution is -2.19. The number of aliphatic hydroxyl groups is 2. The molecule has 12 heavy (non-hydrogen) atoms. The standard InChI is InChI=1S/C7H12N2O2S/c10-5(1-4-12)6(11)7-8-2-3-9-7/h2-3,5-6,10-12H,1,4H2,(H,8,9). The number of aliphatic hydroxyl groups excluding tert-OH is 2. The van der Waals surface area contributed by atoms with Gasteiger partial charge in [0.05, 0.1) is 6.10 Å². The van der Waals surface area contributed by atoms with Gasteiger partial charge in [0.2, 0.25) is 0 Å². The van der Waals surface area contributed by atoms with Crippen LogP contribution in [0.5, 0.6) is 0 Å². The molecule has 68 valence electrons. The highest BCUT2D eigenvalue weighted by Crippen LogP contribution is 2.14. The van der Waals surface area contributed by atoms with Crippen molar-refractivity contribution in [3.8, 4) is 0 Å². The molecule has 0 saturated heterocycles. The first-order valence-electron chi connectivity index (χ1n) is 3.72. The Kier molecular flexibility index (Phi) is 3.58. The maximum Gasteiger partial charge on any atom is 0.137 e. The average Bonchev–Trinajstić information content (AvgIpc) is 2.55. The third-order valence-corrected chi connectivity index (χ3v) is 1.85. The monoisotopic (exact) mass is 188 g/mol. The molecule has 0 aliphatic carbocycles. The summed E-state index contributed by atoms with van der Waals surface area (Å²) < 4.78 is 0. The SMILES string of the molecule is OC(CCS)C(O)c1ncc[nH]1. The first-order chi connectivity index (χ1) is 5.75. The summed E-state index contributed by atoms with van der Waals surface area (Å²) >= 11 is 3.95. The maximum atomic E-state index is 9.43. The third kappa shape index (κ3) is 2.23. The second-order valence-electron chi connectivity index (χ2n) is 2.50. The highest BCUT2D eigenvalue weighted by Gasteiger charge is 2.18. The molecule has 0 spiro atoms. The number of nitrogens with one attached hydrogen (secondary N) is 1. The summed E-state index contributed by atoms with van der Waals surface area (Å²) in [4.78, 5) is 6.56. The van der Waals surface area contributed by atoms with E-state index in [4.69, 9.17) is 0 Å². The zero-order valence-electron chi connectivity index (χ0n) is 6.51. The molecule has 0 aliphatic heterocycles. The highest BCUT2D eigenvalue weighted by atomic mass is 32.1. The lowest BCUT2D eigenvalue weighted by Gasteiger charge is -2.14. The second kappa shape index (κ2) is 4.49. The molecule has 0 amide bonds. The number of H-pyrrole nitrogens is 1. The molecule has 0 fully saturated rings. The molecule has 1 heterocycles. The number of hydrogen-bond acceptors (Lipinski definition) is 4. The normalized spacial score (nSPS) is 15.9. The molecule has 5 heteroatoms.